The molecule has 1 fully saturated rings. The van der Waals surface area contributed by atoms with Crippen molar-refractivity contribution in [1.29, 1.82) is 0 Å². The number of methoxy groups -OCH3 is 2. The average molecular weight is 577 g/mol. The number of esters is 2. The van der Waals surface area contributed by atoms with Gasteiger partial charge in [-0.3, -0.25) is 0 Å². The van der Waals surface area contributed by atoms with Gasteiger partial charge in [-0.05, 0) is 62.1 Å². The lowest BCUT2D eigenvalue weighted by atomic mass is 9.93. The summed E-state index contributed by atoms with van der Waals surface area (Å²) >= 11 is 0. The van der Waals surface area contributed by atoms with E-state index in [2.05, 4.69) is 10.6 Å². The fourth-order valence-electron chi connectivity index (χ4n) is 4.88. The predicted molar refractivity (Wildman–Crippen MR) is 150 cm³/mol. The summed E-state index contributed by atoms with van der Waals surface area (Å²) < 4.78 is 30.0. The number of hydrogen-bond donors (Lipinski definition) is 2. The molecule has 0 radical (unpaired) electrons. The number of nitrogens with one attached hydrogen (secondary N) is 2. The van der Waals surface area contributed by atoms with Crippen LogP contribution in [-0.4, -0.2) is 55.0 Å². The van der Waals surface area contributed by atoms with Gasteiger partial charge in [-0.25, -0.2) is 18.8 Å². The smallest absolute Gasteiger partial charge is 0.430 e. The van der Waals surface area contributed by atoms with E-state index in [9.17, 15) is 23.6 Å². The Morgan fingerprint density at radius 2 is 1.60 bits per heavy atom. The number of hydrogen-bond acceptors (Lipinski definition) is 7. The molecule has 4 rings (SSSR count). The molecular weight excluding hydrogens is 545 g/mol. The van der Waals surface area contributed by atoms with Crippen LogP contribution in [0.2, 0.25) is 0 Å². The Morgan fingerprint density at radius 1 is 0.905 bits per heavy atom. The second-order valence-electron chi connectivity index (χ2n) is 9.66. The minimum Gasteiger partial charge on any atom is -0.490 e. The molecule has 218 valence electrons. The highest BCUT2D eigenvalue weighted by Gasteiger charge is 2.27. The molecule has 2 amide bonds. The summed E-state index contributed by atoms with van der Waals surface area (Å²) in [6, 6.07) is 16.4. The van der Waals surface area contributed by atoms with Gasteiger partial charge in [-0.2, -0.15) is 4.79 Å². The maximum atomic E-state index is 13.1. The van der Waals surface area contributed by atoms with E-state index >= 15 is 0 Å². The highest BCUT2D eigenvalue weighted by atomic mass is 19.1. The van der Waals surface area contributed by atoms with Gasteiger partial charge in [0.15, 0.2) is 6.54 Å². The molecule has 2 N–H and O–H groups in total. The van der Waals surface area contributed by atoms with E-state index in [1.165, 1.54) is 32.4 Å². The summed E-state index contributed by atoms with van der Waals surface area (Å²) in [5, 5.41) is 5.67. The van der Waals surface area contributed by atoms with E-state index in [4.69, 9.17) is 14.2 Å². The summed E-state index contributed by atoms with van der Waals surface area (Å²) in [4.78, 5) is 50.0. The third kappa shape index (κ3) is 7.38. The molecule has 0 aromatic heterocycles. The van der Waals surface area contributed by atoms with Gasteiger partial charge >= 0.3 is 24.0 Å². The fourth-order valence-corrected chi connectivity index (χ4v) is 4.88. The number of carbonyl (C=O) groups is 3. The SMILES string of the molecule is COC(=O)c1ccccc1[N+](=C=O)Cc1cccc(NC(=O)NC2CCC(Oc3ccc(F)cc3)CC2)c1C(=O)OC. The van der Waals surface area contributed by atoms with Crippen molar-refractivity contribution in [3.8, 4) is 5.75 Å². The van der Waals surface area contributed by atoms with Crippen molar-refractivity contribution < 1.29 is 42.4 Å². The quantitative estimate of drug-likeness (QED) is 0.157. The number of nitrogens with zero attached hydrogens (tertiary/aromatic N) is 1. The Kier molecular flexibility index (Phi) is 10.0. The molecule has 3 aromatic carbocycles. The molecule has 1 aliphatic rings. The summed E-state index contributed by atoms with van der Waals surface area (Å²) in [5.74, 6) is -1.08. The largest absolute Gasteiger partial charge is 0.490 e. The normalized spacial score (nSPS) is 16.0. The Bertz CT molecular complexity index is 1490. The van der Waals surface area contributed by atoms with Crippen molar-refractivity contribution in [1.82, 2.24) is 5.32 Å². The van der Waals surface area contributed by atoms with Gasteiger partial charge < -0.3 is 24.8 Å². The standard InChI is InChI=1S/C31H30FN3O7/c1-40-29(37)25-7-3-4-9-27(25)35(19-36)18-20-6-5-8-26(28(20)30(38)41-2)34-31(39)33-22-12-16-24(17-13-22)42-23-14-10-21(32)11-15-23/h3-11,14-15,22,24H,12-13,16-18H2,1-2H3,(H-,33,34,38,39)/p+1. The molecule has 1 aliphatic carbocycles. The first kappa shape index (κ1) is 30.0. The Balaban J connectivity index is 1.45. The van der Waals surface area contributed by atoms with Crippen molar-refractivity contribution in [2.45, 2.75) is 44.4 Å². The average Bonchev–Trinajstić information content (AvgIpc) is 3.01. The van der Waals surface area contributed by atoms with Crippen LogP contribution < -0.4 is 15.4 Å². The zero-order valence-electron chi connectivity index (χ0n) is 23.2. The molecule has 1 saturated carbocycles. The van der Waals surface area contributed by atoms with Crippen molar-refractivity contribution in [3.05, 3.63) is 89.2 Å². The number of rotatable bonds is 9. The molecule has 0 unspecified atom stereocenters. The topological polar surface area (TPSA) is 123 Å². The summed E-state index contributed by atoms with van der Waals surface area (Å²) in [7, 11) is 2.45. The van der Waals surface area contributed by atoms with Crippen LogP contribution in [0.3, 0.4) is 0 Å². The minimum atomic E-state index is -0.716. The molecule has 0 saturated heterocycles. The van der Waals surface area contributed by atoms with Crippen LogP contribution in [0.1, 0.15) is 52.0 Å². The number of carbonyl (C=O) groups excluding carboxylic acids is 4. The molecule has 0 spiro atoms. The van der Waals surface area contributed by atoms with Crippen molar-refractivity contribution in [2.75, 3.05) is 19.5 Å². The maximum Gasteiger partial charge on any atom is 0.430 e. The van der Waals surface area contributed by atoms with Gasteiger partial charge in [-0.1, -0.05) is 24.3 Å². The lowest BCUT2D eigenvalue weighted by Gasteiger charge is -2.29. The van der Waals surface area contributed by atoms with E-state index in [1.54, 1.807) is 54.6 Å². The Hall–Kier alpha value is -5.02. The second kappa shape index (κ2) is 14.0. The zero-order chi connectivity index (χ0) is 30.1. The van der Waals surface area contributed by atoms with Gasteiger partial charge in [0.2, 0.25) is 5.69 Å². The van der Waals surface area contributed by atoms with Crippen LogP contribution in [0.4, 0.5) is 20.6 Å². The molecule has 0 bridgehead atoms. The summed E-state index contributed by atoms with van der Waals surface area (Å²) in [6.45, 7) is -0.142. The van der Waals surface area contributed by atoms with E-state index in [0.29, 0.717) is 37.0 Å². The number of ether oxygens (including phenoxy) is 3. The molecule has 3 aromatic rings. The number of isocyanates is 1. The van der Waals surface area contributed by atoms with Crippen LogP contribution in [-0.2, 0) is 20.8 Å². The number of para-hydroxylation sites is 1. The lowest BCUT2D eigenvalue weighted by molar-refractivity contribution is -0.455. The van der Waals surface area contributed by atoms with E-state index in [-0.39, 0.29) is 47.0 Å². The van der Waals surface area contributed by atoms with Gasteiger partial charge in [0.1, 0.15) is 17.1 Å². The first-order valence-corrected chi connectivity index (χ1v) is 13.4. The highest BCUT2D eigenvalue weighted by Crippen LogP contribution is 2.27. The number of urea groups is 1. The molecule has 11 heteroatoms. The molecule has 0 aliphatic heterocycles. The Labute approximate surface area is 242 Å². The lowest BCUT2D eigenvalue weighted by Crippen LogP contribution is -2.42. The van der Waals surface area contributed by atoms with Gasteiger partial charge in [0, 0.05) is 17.7 Å². The summed E-state index contributed by atoms with van der Waals surface area (Å²) in [6.07, 6.45) is 4.52. The van der Waals surface area contributed by atoms with Crippen molar-refractivity contribution >= 4 is 35.4 Å². The first-order chi connectivity index (χ1) is 20.3. The molecular formula is C31H31FN3O7+. The summed E-state index contributed by atoms with van der Waals surface area (Å²) in [5.41, 5.74) is 1.00. The highest BCUT2D eigenvalue weighted by molar-refractivity contribution is 6.02. The number of halogens is 1. The molecule has 10 nitrogen and oxygen atoms in total. The van der Waals surface area contributed by atoms with Crippen molar-refractivity contribution in [3.63, 3.8) is 0 Å². The third-order valence-corrected chi connectivity index (χ3v) is 6.95. The van der Waals surface area contributed by atoms with Crippen LogP contribution in [0.5, 0.6) is 5.75 Å². The Morgan fingerprint density at radius 3 is 2.26 bits per heavy atom. The molecule has 0 atom stereocenters. The van der Waals surface area contributed by atoms with Crippen LogP contribution in [0.25, 0.3) is 0 Å². The van der Waals surface area contributed by atoms with E-state index in [1.807, 2.05) is 0 Å². The van der Waals surface area contributed by atoms with Crippen LogP contribution >= 0.6 is 0 Å². The zero-order valence-corrected chi connectivity index (χ0v) is 23.2. The molecule has 0 heterocycles. The van der Waals surface area contributed by atoms with Gasteiger partial charge in [0.05, 0.1) is 31.6 Å². The number of amides is 2. The number of anilines is 1. The third-order valence-electron chi connectivity index (χ3n) is 6.95. The van der Waals surface area contributed by atoms with Crippen LogP contribution in [0, 0.1) is 5.82 Å². The first-order valence-electron chi connectivity index (χ1n) is 13.4. The van der Waals surface area contributed by atoms with Crippen LogP contribution in [0.15, 0.2) is 66.7 Å². The van der Waals surface area contributed by atoms with Gasteiger partial charge in [0.25, 0.3) is 0 Å². The molecule has 42 heavy (non-hydrogen) atoms. The fraction of sp³-hybridized carbons (Fsp3) is 0.290. The van der Waals surface area contributed by atoms with Crippen molar-refractivity contribution in [2.24, 2.45) is 0 Å². The monoisotopic (exact) mass is 576 g/mol. The predicted octanol–water partition coefficient (Wildman–Crippen LogP) is 5.09. The van der Waals surface area contributed by atoms with Gasteiger partial charge in [-0.15, -0.1) is 4.58 Å². The number of benzene rings is 3. The van der Waals surface area contributed by atoms with E-state index in [0.717, 1.165) is 4.58 Å². The second-order valence-corrected chi connectivity index (χ2v) is 9.66. The minimum absolute atomic E-state index is 0.0407. The maximum absolute atomic E-state index is 13.1. The van der Waals surface area contributed by atoms with E-state index < -0.39 is 18.0 Å².